The summed E-state index contributed by atoms with van der Waals surface area (Å²) in [5, 5.41) is 15.2. The minimum atomic E-state index is -0.659. The van der Waals surface area contributed by atoms with Gasteiger partial charge in [0, 0.05) is 30.8 Å². The van der Waals surface area contributed by atoms with Crippen LogP contribution in [0, 0.1) is 28.1 Å². The second-order valence-electron chi connectivity index (χ2n) is 20.1. The minimum absolute atomic E-state index is 0.0233. The maximum atomic E-state index is 13.3. The number of carbonyl (C=O) groups is 3. The van der Waals surface area contributed by atoms with E-state index in [0.717, 1.165) is 0 Å². The van der Waals surface area contributed by atoms with Crippen molar-refractivity contribution in [2.45, 2.75) is 246 Å². The minimum Gasteiger partial charge on any atom is -0.373 e. The van der Waals surface area contributed by atoms with Crippen molar-refractivity contribution in [1.82, 2.24) is 10.6 Å². The van der Waals surface area contributed by atoms with E-state index in [0.29, 0.717) is 58.4 Å². The van der Waals surface area contributed by atoms with Crippen LogP contribution in [0.15, 0.2) is 0 Å². The fourth-order valence-corrected chi connectivity index (χ4v) is 5.49. The molecule has 0 aliphatic carbocycles. The smallest absolute Gasteiger partial charge is 0.225 e. The lowest BCUT2D eigenvalue weighted by molar-refractivity contribution is -0.183. The molecule has 0 heterocycles. The van der Waals surface area contributed by atoms with Crippen molar-refractivity contribution in [2.24, 2.45) is 16.7 Å². The summed E-state index contributed by atoms with van der Waals surface area (Å²) in [4.78, 5) is 35.6. The summed E-state index contributed by atoms with van der Waals surface area (Å²) in [5.74, 6) is 0.392. The third kappa shape index (κ3) is 38.2. The molecule has 2 N–H and O–H groups in total. The zero-order chi connectivity index (χ0) is 47.6. The van der Waals surface area contributed by atoms with Crippen molar-refractivity contribution >= 4 is 17.6 Å². The summed E-state index contributed by atoms with van der Waals surface area (Å²) in [5.41, 5.74) is -3.94. The first-order valence-corrected chi connectivity index (χ1v) is 22.1. The zero-order valence-corrected chi connectivity index (χ0v) is 43.2. The van der Waals surface area contributed by atoms with Crippen LogP contribution in [0.4, 0.5) is 0 Å². The van der Waals surface area contributed by atoms with Gasteiger partial charge in [-0.15, -0.1) is 0 Å². The van der Waals surface area contributed by atoms with E-state index in [9.17, 15) is 14.4 Å². The Bertz CT molecular complexity index is 1150. The van der Waals surface area contributed by atoms with Gasteiger partial charge in [0.25, 0.3) is 0 Å². The number of Topliss-reactive ketones (excluding diaryl/α,β-unsaturated/α-hetero) is 1. The molecule has 0 aromatic carbocycles. The van der Waals surface area contributed by atoms with Crippen LogP contribution >= 0.6 is 0 Å². The Kier molecular flexibility index (Phi) is 32.8. The quantitative estimate of drug-likeness (QED) is 0.110. The molecule has 10 nitrogen and oxygen atoms in total. The molecule has 348 valence electrons. The van der Waals surface area contributed by atoms with Crippen LogP contribution in [-0.4, -0.2) is 77.5 Å². The molecule has 10 heteroatoms. The molecular formula is C48H99N3O7. The fourth-order valence-electron chi connectivity index (χ4n) is 5.49. The Morgan fingerprint density at radius 1 is 0.569 bits per heavy atom. The Morgan fingerprint density at radius 2 is 0.931 bits per heavy atom. The normalized spacial score (nSPS) is 12.5. The van der Waals surface area contributed by atoms with Crippen molar-refractivity contribution in [1.29, 1.82) is 5.26 Å². The van der Waals surface area contributed by atoms with Crippen LogP contribution in [0.25, 0.3) is 0 Å². The van der Waals surface area contributed by atoms with Crippen molar-refractivity contribution < 1.29 is 33.3 Å². The lowest BCUT2D eigenvalue weighted by Crippen LogP contribution is -2.48. The number of nitrogens with one attached hydrogen (secondary N) is 2. The average Bonchev–Trinajstić information content (AvgIpc) is 3.06. The van der Waals surface area contributed by atoms with Crippen molar-refractivity contribution in [3.8, 4) is 6.07 Å². The van der Waals surface area contributed by atoms with Gasteiger partial charge in [-0.25, -0.2) is 0 Å². The molecule has 58 heavy (non-hydrogen) atoms. The SMILES string of the molecule is CC.CC.CC.CC(=O)C(C)C.CC(C)(C#N)CCC(=O)NCCC(C)(C)OCC(C)(C)OC(C)(C)CC(C)(C)C(=O)NCCC(C)(C)OCC(C)(C)OC(C)(C)C. The fraction of sp³-hybridized carbons (Fsp3) is 0.917. The number of carbonyl (C=O) groups excluding carboxylic acids is 3. The molecule has 2 amide bonds. The molecule has 0 rings (SSSR count). The van der Waals surface area contributed by atoms with Gasteiger partial charge in [-0.1, -0.05) is 69.2 Å². The van der Waals surface area contributed by atoms with Crippen LogP contribution < -0.4 is 10.6 Å². The van der Waals surface area contributed by atoms with Gasteiger partial charge in [-0.2, -0.15) is 5.26 Å². The number of ether oxygens (including phenoxy) is 4. The van der Waals surface area contributed by atoms with Gasteiger partial charge in [0.05, 0.1) is 58.3 Å². The standard InChI is InChI=1S/C37H71N3O6.C5H10O.3C2H6/c1-30(2,3)45-36(14,15)26-43-34(10,11)21-23-40-29(42)32(6,7)24-35(12,13)46-37(16,17)27-44-33(8,9)20-22-39-28(41)18-19-31(4,5)25-38;1-4(2)5(3)6;3*1-2/h18-24,26-27H2,1-17H3,(H,39,41)(H,40,42);4H,1-3H3;3*1-2H3. The first-order valence-electron chi connectivity index (χ1n) is 22.1. The maximum absolute atomic E-state index is 13.3. The molecule has 0 unspecified atom stereocenters. The highest BCUT2D eigenvalue weighted by Crippen LogP contribution is 2.34. The maximum Gasteiger partial charge on any atom is 0.225 e. The summed E-state index contributed by atoms with van der Waals surface area (Å²) >= 11 is 0. The molecule has 0 aliphatic rings. The molecule has 0 bridgehead atoms. The van der Waals surface area contributed by atoms with E-state index in [2.05, 4.69) is 16.7 Å². The molecule has 0 saturated heterocycles. The number of amides is 2. The summed E-state index contributed by atoms with van der Waals surface area (Å²) < 4.78 is 25.1. The van der Waals surface area contributed by atoms with Gasteiger partial charge >= 0.3 is 0 Å². The number of hydrogen-bond donors (Lipinski definition) is 2. The first kappa shape index (κ1) is 65.1. The molecule has 0 spiro atoms. The van der Waals surface area contributed by atoms with Gasteiger partial charge in [-0.05, 0) is 136 Å². The van der Waals surface area contributed by atoms with E-state index < -0.39 is 38.8 Å². The van der Waals surface area contributed by atoms with Gasteiger partial charge in [0.15, 0.2) is 0 Å². The Morgan fingerprint density at radius 3 is 1.28 bits per heavy atom. The molecule has 0 saturated carbocycles. The number of hydrogen-bond acceptors (Lipinski definition) is 8. The van der Waals surface area contributed by atoms with Gasteiger partial charge in [0.2, 0.25) is 11.8 Å². The topological polar surface area (TPSA) is 136 Å². The van der Waals surface area contributed by atoms with Gasteiger partial charge in [0.1, 0.15) is 5.78 Å². The third-order valence-corrected chi connectivity index (χ3v) is 8.39. The Hall–Kier alpha value is -2.06. The number of ketones is 1. The zero-order valence-electron chi connectivity index (χ0n) is 43.2. The van der Waals surface area contributed by atoms with E-state index in [4.69, 9.17) is 24.2 Å². The predicted molar refractivity (Wildman–Crippen MR) is 246 cm³/mol. The lowest BCUT2D eigenvalue weighted by atomic mass is 9.80. The largest absolute Gasteiger partial charge is 0.373 e. The van der Waals surface area contributed by atoms with Crippen LogP contribution in [0.5, 0.6) is 0 Å². The van der Waals surface area contributed by atoms with E-state index in [1.165, 1.54) is 0 Å². The summed E-state index contributed by atoms with van der Waals surface area (Å²) in [6, 6.07) is 2.23. The number of rotatable bonds is 22. The highest BCUT2D eigenvalue weighted by Gasteiger charge is 2.39. The molecule has 0 aromatic rings. The molecule has 0 radical (unpaired) electrons. The number of nitrogens with zero attached hydrogens (tertiary/aromatic N) is 1. The van der Waals surface area contributed by atoms with Crippen molar-refractivity contribution in [2.75, 3.05) is 26.3 Å². The highest BCUT2D eigenvalue weighted by atomic mass is 16.6. The third-order valence-electron chi connectivity index (χ3n) is 8.39. The summed E-state index contributed by atoms with van der Waals surface area (Å²) in [6.07, 6.45) is 2.67. The van der Waals surface area contributed by atoms with Crippen LogP contribution in [0.2, 0.25) is 0 Å². The molecule has 0 aliphatic heterocycles. The second kappa shape index (κ2) is 29.2. The monoisotopic (exact) mass is 830 g/mol. The van der Waals surface area contributed by atoms with E-state index >= 15 is 0 Å². The van der Waals surface area contributed by atoms with Crippen LogP contribution in [0.1, 0.15) is 212 Å². The molecule has 0 atom stereocenters. The van der Waals surface area contributed by atoms with Crippen molar-refractivity contribution in [3.05, 3.63) is 0 Å². The van der Waals surface area contributed by atoms with Crippen LogP contribution in [0.3, 0.4) is 0 Å². The Balaban J connectivity index is -0.000000689. The molecule has 0 aromatic heterocycles. The molecular weight excluding hydrogens is 731 g/mol. The average molecular weight is 830 g/mol. The Labute approximate surface area is 360 Å². The second-order valence-corrected chi connectivity index (χ2v) is 20.1. The summed E-state index contributed by atoms with van der Waals surface area (Å²) in [7, 11) is 0. The van der Waals surface area contributed by atoms with E-state index in [-0.39, 0.29) is 29.1 Å². The van der Waals surface area contributed by atoms with Gasteiger partial charge in [-0.3, -0.25) is 14.4 Å². The van der Waals surface area contributed by atoms with Crippen LogP contribution in [-0.2, 0) is 33.3 Å². The van der Waals surface area contributed by atoms with E-state index in [1.54, 1.807) is 6.92 Å². The lowest BCUT2D eigenvalue weighted by Gasteiger charge is -2.41. The number of nitriles is 1. The summed E-state index contributed by atoms with van der Waals surface area (Å²) in [6.45, 7) is 53.0. The van der Waals surface area contributed by atoms with Gasteiger partial charge < -0.3 is 29.6 Å². The predicted octanol–water partition coefficient (Wildman–Crippen LogP) is 11.8. The first-order chi connectivity index (χ1) is 26.0. The van der Waals surface area contributed by atoms with E-state index in [1.807, 2.05) is 173 Å². The highest BCUT2D eigenvalue weighted by molar-refractivity contribution is 5.81. The molecule has 0 fully saturated rings. The van der Waals surface area contributed by atoms with Crippen molar-refractivity contribution in [3.63, 3.8) is 0 Å².